The van der Waals surface area contributed by atoms with Gasteiger partial charge in [0.05, 0.1) is 0 Å². The van der Waals surface area contributed by atoms with E-state index >= 15 is 0 Å². The number of benzene rings is 2. The lowest BCUT2D eigenvalue weighted by atomic mass is 10.0. The van der Waals surface area contributed by atoms with Gasteiger partial charge < -0.3 is 9.47 Å². The molecule has 0 bridgehead atoms. The number of hydrogen-bond donors (Lipinski definition) is 0. The van der Waals surface area contributed by atoms with Gasteiger partial charge >= 0.3 is 0 Å². The number of carbonyl (C=O) groups is 1. The highest BCUT2D eigenvalue weighted by atomic mass is 35.5. The summed E-state index contributed by atoms with van der Waals surface area (Å²) in [5.74, 6) is 2.10. The van der Waals surface area contributed by atoms with Crippen LogP contribution in [-0.4, -0.2) is 33.4 Å². The number of likely N-dealkylation sites (tertiary alicyclic amines) is 1. The van der Waals surface area contributed by atoms with Crippen LogP contribution in [0.4, 0.5) is 0 Å². The number of imidazole rings is 1. The van der Waals surface area contributed by atoms with E-state index in [1.54, 1.807) is 6.07 Å². The predicted octanol–water partition coefficient (Wildman–Crippen LogP) is 5.78. The molecule has 0 N–H and O–H groups in total. The molecule has 1 saturated carbocycles. The minimum Gasteiger partial charge on any atom is -0.342 e. The van der Waals surface area contributed by atoms with Gasteiger partial charge in [0.15, 0.2) is 0 Å². The number of hydrogen-bond acceptors (Lipinski definition) is 2. The van der Waals surface area contributed by atoms with Crippen molar-refractivity contribution in [3.05, 3.63) is 64.9 Å². The fraction of sp³-hybridized carbons (Fsp3) is 0.333. The zero-order valence-corrected chi connectivity index (χ0v) is 18.1. The molecule has 0 radical (unpaired) electrons. The van der Waals surface area contributed by atoms with Crippen LogP contribution >= 0.6 is 23.2 Å². The smallest absolute Gasteiger partial charge is 0.225 e. The van der Waals surface area contributed by atoms with E-state index in [2.05, 4.69) is 38.7 Å². The van der Waals surface area contributed by atoms with Gasteiger partial charge in [-0.15, -0.1) is 0 Å². The van der Waals surface area contributed by atoms with Crippen molar-refractivity contribution in [3.63, 3.8) is 0 Å². The third kappa shape index (κ3) is 3.99. The second-order valence-electron chi connectivity index (χ2n) is 8.32. The highest BCUT2D eigenvalue weighted by molar-refractivity contribution is 6.36. The molecule has 1 aliphatic carbocycles. The largest absolute Gasteiger partial charge is 0.342 e. The Balaban J connectivity index is 1.30. The minimum absolute atomic E-state index is 0.306. The summed E-state index contributed by atoms with van der Waals surface area (Å²) in [6.07, 6.45) is 7.09. The second kappa shape index (κ2) is 8.09. The number of halogens is 2. The lowest BCUT2D eigenvalue weighted by Crippen LogP contribution is -2.30. The van der Waals surface area contributed by atoms with Crippen LogP contribution in [-0.2, 0) is 11.3 Å². The quantitative estimate of drug-likeness (QED) is 0.504. The van der Waals surface area contributed by atoms with E-state index in [0.717, 1.165) is 61.4 Å². The highest BCUT2D eigenvalue weighted by Gasteiger charge is 2.36. The van der Waals surface area contributed by atoms with E-state index in [-0.39, 0.29) is 0 Å². The van der Waals surface area contributed by atoms with Crippen LogP contribution in [0.1, 0.15) is 19.3 Å². The molecular weight excluding hydrogens is 417 g/mol. The molecule has 2 aliphatic rings. The molecule has 2 heterocycles. The summed E-state index contributed by atoms with van der Waals surface area (Å²) in [5.41, 5.74) is 3.07. The monoisotopic (exact) mass is 439 g/mol. The molecule has 1 saturated heterocycles. The molecule has 2 aromatic carbocycles. The fourth-order valence-electron chi connectivity index (χ4n) is 4.29. The molecule has 3 aromatic rings. The summed E-state index contributed by atoms with van der Waals surface area (Å²) >= 11 is 12.4. The molecule has 1 aromatic heterocycles. The zero-order valence-electron chi connectivity index (χ0n) is 16.6. The van der Waals surface area contributed by atoms with Crippen molar-refractivity contribution in [1.82, 2.24) is 14.5 Å². The molecule has 30 heavy (non-hydrogen) atoms. The van der Waals surface area contributed by atoms with E-state index in [1.807, 2.05) is 24.5 Å². The average molecular weight is 440 g/mol. The molecule has 6 heteroatoms. The number of rotatable bonds is 5. The molecule has 0 unspecified atom stereocenters. The number of nitrogens with zero attached hydrogens (tertiary/aromatic N) is 3. The fourth-order valence-corrected chi connectivity index (χ4v) is 4.81. The normalized spacial score (nSPS) is 18.7. The highest BCUT2D eigenvalue weighted by Crippen LogP contribution is 2.34. The van der Waals surface area contributed by atoms with E-state index < -0.39 is 0 Å². The third-order valence-corrected chi connectivity index (χ3v) is 6.63. The zero-order chi connectivity index (χ0) is 20.7. The molecule has 1 aliphatic heterocycles. The number of aromatic nitrogens is 2. The first-order chi connectivity index (χ1) is 14.6. The molecule has 1 atom stereocenters. The summed E-state index contributed by atoms with van der Waals surface area (Å²) in [4.78, 5) is 19.0. The van der Waals surface area contributed by atoms with E-state index in [4.69, 9.17) is 23.2 Å². The van der Waals surface area contributed by atoms with Crippen LogP contribution in [0.2, 0.25) is 10.0 Å². The average Bonchev–Trinajstić information content (AvgIpc) is 3.32. The van der Waals surface area contributed by atoms with Crippen molar-refractivity contribution >= 4 is 29.1 Å². The van der Waals surface area contributed by atoms with Gasteiger partial charge in [-0.05, 0) is 42.9 Å². The standard InChI is InChI=1S/C24H23Cl2N3O/c25-20-7-8-21(22(26)13-20)17-1-3-18(4-2-17)23-27-10-12-28(23)14-16-9-11-29(15-16)24(30)19-5-6-19/h1-4,7-8,10,12-13,16,19H,5-6,9,11,14-15H2/t16-/m0/s1. The summed E-state index contributed by atoms with van der Waals surface area (Å²) in [7, 11) is 0. The Hall–Kier alpha value is -2.30. The van der Waals surface area contributed by atoms with Crippen molar-refractivity contribution in [2.75, 3.05) is 13.1 Å². The van der Waals surface area contributed by atoms with Gasteiger partial charge in [-0.25, -0.2) is 4.98 Å². The van der Waals surface area contributed by atoms with Crippen molar-refractivity contribution in [1.29, 1.82) is 0 Å². The first kappa shape index (κ1) is 19.7. The Labute approximate surface area is 186 Å². The lowest BCUT2D eigenvalue weighted by Gasteiger charge is -2.17. The summed E-state index contributed by atoms with van der Waals surface area (Å²) < 4.78 is 2.21. The Kier molecular flexibility index (Phi) is 5.30. The third-order valence-electron chi connectivity index (χ3n) is 6.08. The summed E-state index contributed by atoms with van der Waals surface area (Å²) in [5, 5.41) is 1.27. The second-order valence-corrected chi connectivity index (χ2v) is 9.16. The summed E-state index contributed by atoms with van der Waals surface area (Å²) in [6, 6.07) is 13.8. The first-order valence-corrected chi connectivity index (χ1v) is 11.2. The van der Waals surface area contributed by atoms with Crippen molar-refractivity contribution in [2.45, 2.75) is 25.8 Å². The predicted molar refractivity (Wildman–Crippen MR) is 121 cm³/mol. The van der Waals surface area contributed by atoms with Crippen LogP contribution in [0.25, 0.3) is 22.5 Å². The molecular formula is C24H23Cl2N3O. The van der Waals surface area contributed by atoms with Gasteiger partial charge in [0.1, 0.15) is 5.82 Å². The Morgan fingerprint density at radius 2 is 1.80 bits per heavy atom. The van der Waals surface area contributed by atoms with Gasteiger partial charge in [-0.3, -0.25) is 4.79 Å². The summed E-state index contributed by atoms with van der Waals surface area (Å²) in [6.45, 7) is 2.63. The van der Waals surface area contributed by atoms with E-state index in [9.17, 15) is 4.79 Å². The van der Waals surface area contributed by atoms with Gasteiger partial charge in [-0.1, -0.05) is 53.5 Å². The Morgan fingerprint density at radius 1 is 1.03 bits per heavy atom. The van der Waals surface area contributed by atoms with Crippen LogP contribution in [0.15, 0.2) is 54.9 Å². The van der Waals surface area contributed by atoms with Gasteiger partial charge in [0.25, 0.3) is 0 Å². The van der Waals surface area contributed by atoms with Crippen LogP contribution < -0.4 is 0 Å². The molecule has 4 nitrogen and oxygen atoms in total. The maximum absolute atomic E-state index is 12.3. The SMILES string of the molecule is O=C(C1CC1)N1CC[C@@H](Cn2ccnc2-c2ccc(-c3ccc(Cl)cc3Cl)cc2)C1. The maximum atomic E-state index is 12.3. The van der Waals surface area contributed by atoms with Crippen molar-refractivity contribution < 1.29 is 4.79 Å². The van der Waals surface area contributed by atoms with Gasteiger partial charge in [-0.2, -0.15) is 0 Å². The molecule has 1 amide bonds. The van der Waals surface area contributed by atoms with Crippen LogP contribution in [0, 0.1) is 11.8 Å². The minimum atomic E-state index is 0.306. The van der Waals surface area contributed by atoms with Gasteiger partial charge in [0.2, 0.25) is 5.91 Å². The number of carbonyl (C=O) groups excluding carboxylic acids is 1. The lowest BCUT2D eigenvalue weighted by molar-refractivity contribution is -0.131. The van der Waals surface area contributed by atoms with Gasteiger partial charge in [0, 0.05) is 59.1 Å². The van der Waals surface area contributed by atoms with Crippen LogP contribution in [0.3, 0.4) is 0 Å². The molecule has 0 spiro atoms. The molecule has 154 valence electrons. The van der Waals surface area contributed by atoms with Crippen molar-refractivity contribution in [3.8, 4) is 22.5 Å². The molecule has 2 fully saturated rings. The molecule has 5 rings (SSSR count). The maximum Gasteiger partial charge on any atom is 0.225 e. The van der Waals surface area contributed by atoms with Crippen LogP contribution in [0.5, 0.6) is 0 Å². The first-order valence-electron chi connectivity index (χ1n) is 10.4. The number of amides is 1. The van der Waals surface area contributed by atoms with E-state index in [1.165, 1.54) is 0 Å². The Bertz CT molecular complexity index is 1070. The van der Waals surface area contributed by atoms with E-state index in [0.29, 0.717) is 27.8 Å². The van der Waals surface area contributed by atoms with Crippen molar-refractivity contribution in [2.24, 2.45) is 11.8 Å². The Morgan fingerprint density at radius 3 is 2.53 bits per heavy atom. The topological polar surface area (TPSA) is 38.1 Å².